The van der Waals surface area contributed by atoms with Crippen molar-refractivity contribution in [3.8, 4) is 16.9 Å². The van der Waals surface area contributed by atoms with Crippen LogP contribution in [0, 0.1) is 0 Å². The number of nitrogens with zero attached hydrogens (tertiary/aromatic N) is 3. The number of ether oxygens (including phenoxy) is 1. The van der Waals surface area contributed by atoms with Gasteiger partial charge in [0.25, 0.3) is 0 Å². The Balaban J connectivity index is 1.46. The van der Waals surface area contributed by atoms with Crippen molar-refractivity contribution in [1.29, 1.82) is 0 Å². The lowest BCUT2D eigenvalue weighted by Crippen LogP contribution is -2.24. The maximum atomic E-state index is 12.4. The third-order valence-electron chi connectivity index (χ3n) is 4.60. The lowest BCUT2D eigenvalue weighted by Gasteiger charge is -2.10. The quantitative estimate of drug-likeness (QED) is 0.550. The van der Waals surface area contributed by atoms with E-state index >= 15 is 0 Å². The number of amides is 1. The van der Waals surface area contributed by atoms with Crippen LogP contribution in [0.4, 0.5) is 5.69 Å². The van der Waals surface area contributed by atoms with Crippen LogP contribution >= 0.6 is 0 Å². The van der Waals surface area contributed by atoms with Gasteiger partial charge in [0.2, 0.25) is 5.91 Å². The van der Waals surface area contributed by atoms with E-state index in [1.54, 1.807) is 25.4 Å². The molecular formula is C22H20N4O3. The van der Waals surface area contributed by atoms with Crippen LogP contribution in [0.1, 0.15) is 6.42 Å². The zero-order valence-electron chi connectivity index (χ0n) is 15.9. The van der Waals surface area contributed by atoms with Gasteiger partial charge in [0, 0.05) is 23.9 Å². The monoisotopic (exact) mass is 388 g/mol. The van der Waals surface area contributed by atoms with Crippen LogP contribution in [0.2, 0.25) is 0 Å². The van der Waals surface area contributed by atoms with E-state index in [0.717, 1.165) is 16.9 Å². The highest BCUT2D eigenvalue weighted by Crippen LogP contribution is 2.30. The fraction of sp³-hybridized carbons (Fsp3) is 0.136. The minimum Gasteiger partial charge on any atom is -0.496 e. The Hall–Kier alpha value is -3.87. The lowest BCUT2D eigenvalue weighted by molar-refractivity contribution is -0.116. The van der Waals surface area contributed by atoms with Crippen LogP contribution in [0.3, 0.4) is 0 Å². The largest absolute Gasteiger partial charge is 0.496 e. The van der Waals surface area contributed by atoms with E-state index in [2.05, 4.69) is 10.4 Å². The maximum Gasteiger partial charge on any atom is 0.350 e. The van der Waals surface area contributed by atoms with Crippen molar-refractivity contribution < 1.29 is 9.53 Å². The summed E-state index contributed by atoms with van der Waals surface area (Å²) < 4.78 is 8.17. The van der Waals surface area contributed by atoms with Crippen LogP contribution in [0.25, 0.3) is 16.8 Å². The van der Waals surface area contributed by atoms with Gasteiger partial charge in [0.05, 0.1) is 13.7 Å². The molecule has 0 radical (unpaired) electrons. The fourth-order valence-electron chi connectivity index (χ4n) is 3.19. The first kappa shape index (κ1) is 18.5. The van der Waals surface area contributed by atoms with E-state index in [1.165, 1.54) is 9.08 Å². The molecule has 0 aliphatic rings. The summed E-state index contributed by atoms with van der Waals surface area (Å²) in [4.78, 5) is 24.7. The molecule has 0 aliphatic heterocycles. The smallest absolute Gasteiger partial charge is 0.350 e. The summed E-state index contributed by atoms with van der Waals surface area (Å²) in [7, 11) is 1.63. The molecule has 4 aromatic rings. The summed E-state index contributed by atoms with van der Waals surface area (Å²) in [5.41, 5.74) is 2.87. The number of carbonyl (C=O) groups is 1. The van der Waals surface area contributed by atoms with E-state index in [9.17, 15) is 9.59 Å². The minimum atomic E-state index is -0.258. The number of pyridine rings is 1. The van der Waals surface area contributed by atoms with Crippen molar-refractivity contribution in [2.24, 2.45) is 0 Å². The molecule has 4 rings (SSSR count). The first-order valence-corrected chi connectivity index (χ1v) is 9.23. The number of benzene rings is 2. The highest BCUT2D eigenvalue weighted by atomic mass is 16.5. The van der Waals surface area contributed by atoms with Gasteiger partial charge in [-0.2, -0.15) is 0 Å². The standard InChI is InChI=1S/C22H20N4O3/c1-29-19-10-3-2-9-18(19)16-7-6-8-17(15-16)23-21(27)12-14-26-22(28)25-13-5-4-11-20(25)24-26/h2-11,13,15H,12,14H2,1H3,(H,23,27). The zero-order chi connectivity index (χ0) is 20.2. The summed E-state index contributed by atoms with van der Waals surface area (Å²) in [6, 6.07) is 20.6. The van der Waals surface area contributed by atoms with E-state index in [-0.39, 0.29) is 24.6 Å². The molecule has 29 heavy (non-hydrogen) atoms. The van der Waals surface area contributed by atoms with Gasteiger partial charge in [-0.05, 0) is 35.9 Å². The molecule has 0 bridgehead atoms. The SMILES string of the molecule is COc1ccccc1-c1cccc(NC(=O)CCn2nc3ccccn3c2=O)c1. The summed E-state index contributed by atoms with van der Waals surface area (Å²) in [5, 5.41) is 7.12. The molecule has 0 spiro atoms. The van der Waals surface area contributed by atoms with Crippen LogP contribution in [0.15, 0.2) is 77.7 Å². The second-order valence-electron chi connectivity index (χ2n) is 6.51. The Kier molecular flexibility index (Phi) is 5.11. The van der Waals surface area contributed by atoms with Crippen molar-refractivity contribution in [3.05, 3.63) is 83.4 Å². The molecule has 0 saturated heterocycles. The Morgan fingerprint density at radius 2 is 1.90 bits per heavy atom. The van der Waals surface area contributed by atoms with E-state index in [4.69, 9.17) is 4.74 Å². The number of fused-ring (bicyclic) bond motifs is 1. The lowest BCUT2D eigenvalue weighted by atomic mass is 10.0. The molecule has 0 unspecified atom stereocenters. The van der Waals surface area contributed by atoms with E-state index in [1.807, 2.05) is 54.6 Å². The first-order valence-electron chi connectivity index (χ1n) is 9.23. The van der Waals surface area contributed by atoms with Crippen LogP contribution in [-0.4, -0.2) is 27.2 Å². The summed E-state index contributed by atoms with van der Waals surface area (Å²) in [6.45, 7) is 0.207. The third kappa shape index (κ3) is 3.89. The predicted octanol–water partition coefficient (Wildman–Crippen LogP) is 3.20. The second-order valence-corrected chi connectivity index (χ2v) is 6.51. The number of carbonyl (C=O) groups excluding carboxylic acids is 1. The Morgan fingerprint density at radius 3 is 2.72 bits per heavy atom. The van der Waals surface area contributed by atoms with Gasteiger partial charge >= 0.3 is 5.69 Å². The summed E-state index contributed by atoms with van der Waals surface area (Å²) in [6.07, 6.45) is 1.80. The number of rotatable bonds is 6. The van der Waals surface area contributed by atoms with Crippen molar-refractivity contribution >= 4 is 17.2 Å². The molecule has 1 amide bonds. The Morgan fingerprint density at radius 1 is 1.07 bits per heavy atom. The summed E-state index contributed by atoms with van der Waals surface area (Å²) >= 11 is 0. The molecule has 0 atom stereocenters. The third-order valence-corrected chi connectivity index (χ3v) is 4.60. The van der Waals surface area contributed by atoms with Crippen LogP contribution in [-0.2, 0) is 11.3 Å². The zero-order valence-corrected chi connectivity index (χ0v) is 15.9. The van der Waals surface area contributed by atoms with E-state index < -0.39 is 0 Å². The number of aromatic nitrogens is 3. The molecule has 2 aromatic carbocycles. The Bertz CT molecular complexity index is 1230. The molecule has 146 valence electrons. The average Bonchev–Trinajstić information content (AvgIpc) is 3.08. The number of hydrogen-bond donors (Lipinski definition) is 1. The van der Waals surface area contributed by atoms with Gasteiger partial charge in [-0.1, -0.05) is 36.4 Å². The molecule has 0 fully saturated rings. The van der Waals surface area contributed by atoms with Crippen LogP contribution in [0.5, 0.6) is 5.75 Å². The summed E-state index contributed by atoms with van der Waals surface area (Å²) in [5.74, 6) is 0.577. The molecule has 1 N–H and O–H groups in total. The average molecular weight is 388 g/mol. The molecule has 2 heterocycles. The van der Waals surface area contributed by atoms with Crippen molar-refractivity contribution in [3.63, 3.8) is 0 Å². The van der Waals surface area contributed by atoms with Crippen molar-refractivity contribution in [2.75, 3.05) is 12.4 Å². The number of methoxy groups -OCH3 is 1. The first-order chi connectivity index (χ1) is 14.2. The second kappa shape index (κ2) is 8.02. The number of anilines is 1. The van der Waals surface area contributed by atoms with Gasteiger partial charge < -0.3 is 10.1 Å². The topological polar surface area (TPSA) is 77.6 Å². The molecule has 0 aliphatic carbocycles. The molecule has 7 heteroatoms. The predicted molar refractivity (Wildman–Crippen MR) is 111 cm³/mol. The van der Waals surface area contributed by atoms with Gasteiger partial charge in [0.15, 0.2) is 5.65 Å². The maximum absolute atomic E-state index is 12.4. The number of hydrogen-bond acceptors (Lipinski definition) is 4. The molecule has 7 nitrogen and oxygen atoms in total. The number of para-hydroxylation sites is 1. The van der Waals surface area contributed by atoms with E-state index in [0.29, 0.717) is 11.3 Å². The highest BCUT2D eigenvalue weighted by molar-refractivity contribution is 5.91. The minimum absolute atomic E-state index is 0.142. The van der Waals surface area contributed by atoms with Crippen molar-refractivity contribution in [2.45, 2.75) is 13.0 Å². The molecule has 0 saturated carbocycles. The van der Waals surface area contributed by atoms with Gasteiger partial charge in [-0.3, -0.25) is 9.20 Å². The molecule has 2 aromatic heterocycles. The Labute approximate surface area is 167 Å². The van der Waals surface area contributed by atoms with Gasteiger partial charge in [-0.25, -0.2) is 9.48 Å². The highest BCUT2D eigenvalue weighted by Gasteiger charge is 2.10. The normalized spacial score (nSPS) is 10.8. The number of nitrogens with one attached hydrogen (secondary N) is 1. The fourth-order valence-corrected chi connectivity index (χ4v) is 3.19. The number of aryl methyl sites for hydroxylation is 1. The van der Waals surface area contributed by atoms with Gasteiger partial charge in [0.1, 0.15) is 5.75 Å². The van der Waals surface area contributed by atoms with Crippen molar-refractivity contribution in [1.82, 2.24) is 14.2 Å². The molecular weight excluding hydrogens is 368 g/mol. The van der Waals surface area contributed by atoms with Crippen LogP contribution < -0.4 is 15.7 Å². The van der Waals surface area contributed by atoms with Gasteiger partial charge in [-0.15, -0.1) is 5.10 Å².